The van der Waals surface area contributed by atoms with E-state index in [2.05, 4.69) is 10.3 Å². The summed E-state index contributed by atoms with van der Waals surface area (Å²) >= 11 is 0. The zero-order chi connectivity index (χ0) is 11.4. The van der Waals surface area contributed by atoms with Crippen LogP contribution in [0.3, 0.4) is 0 Å². The first-order valence-electron chi connectivity index (χ1n) is 5.43. The Balaban J connectivity index is 2.27. The van der Waals surface area contributed by atoms with Crippen LogP contribution in [0.5, 0.6) is 0 Å². The molecule has 5 nitrogen and oxygen atoms in total. The van der Waals surface area contributed by atoms with Crippen molar-refractivity contribution in [2.45, 2.75) is 6.42 Å². The summed E-state index contributed by atoms with van der Waals surface area (Å²) in [6.07, 6.45) is 2.65. The van der Waals surface area contributed by atoms with E-state index >= 15 is 0 Å². The minimum atomic E-state index is -0.916. The molecule has 1 aliphatic rings. The van der Waals surface area contributed by atoms with Crippen LogP contribution < -0.4 is 10.2 Å². The van der Waals surface area contributed by atoms with Crippen LogP contribution in [0, 0.1) is 0 Å². The van der Waals surface area contributed by atoms with E-state index < -0.39 is 5.97 Å². The van der Waals surface area contributed by atoms with E-state index in [1.54, 1.807) is 18.3 Å². The Morgan fingerprint density at radius 1 is 1.44 bits per heavy atom. The summed E-state index contributed by atoms with van der Waals surface area (Å²) in [5, 5.41) is 12.4. The number of aromatic nitrogens is 1. The fraction of sp³-hybridized carbons (Fsp3) is 0.455. The number of hydrogen-bond donors (Lipinski definition) is 2. The van der Waals surface area contributed by atoms with Gasteiger partial charge < -0.3 is 15.3 Å². The minimum Gasteiger partial charge on any atom is -0.478 e. The number of carbonyl (C=O) groups is 1. The molecule has 0 spiro atoms. The molecule has 2 N–H and O–H groups in total. The molecule has 0 saturated carbocycles. The number of aromatic carboxylic acids is 1. The summed E-state index contributed by atoms with van der Waals surface area (Å²) in [6.45, 7) is 3.50. The summed E-state index contributed by atoms with van der Waals surface area (Å²) in [4.78, 5) is 17.3. The van der Waals surface area contributed by atoms with Crippen LogP contribution in [-0.2, 0) is 0 Å². The molecule has 2 rings (SSSR count). The molecule has 16 heavy (non-hydrogen) atoms. The molecule has 1 aliphatic heterocycles. The first kappa shape index (κ1) is 10.9. The zero-order valence-electron chi connectivity index (χ0n) is 9.02. The van der Waals surface area contributed by atoms with E-state index in [0.29, 0.717) is 5.82 Å². The first-order chi connectivity index (χ1) is 7.79. The van der Waals surface area contributed by atoms with Gasteiger partial charge >= 0.3 is 5.97 Å². The Morgan fingerprint density at radius 3 is 3.12 bits per heavy atom. The Bertz CT molecular complexity index is 373. The van der Waals surface area contributed by atoms with Gasteiger partial charge in [-0.15, -0.1) is 0 Å². The quantitative estimate of drug-likeness (QED) is 0.764. The van der Waals surface area contributed by atoms with Crippen LogP contribution in [0.25, 0.3) is 0 Å². The lowest BCUT2D eigenvalue weighted by atomic mass is 10.2. The van der Waals surface area contributed by atoms with Crippen LogP contribution in [0.15, 0.2) is 18.3 Å². The summed E-state index contributed by atoms with van der Waals surface area (Å²) in [7, 11) is 0. The molecule has 0 radical (unpaired) electrons. The van der Waals surface area contributed by atoms with Crippen molar-refractivity contribution in [3.05, 3.63) is 23.9 Å². The smallest absolute Gasteiger partial charge is 0.339 e. The van der Waals surface area contributed by atoms with Gasteiger partial charge in [0.05, 0.1) is 0 Å². The fourth-order valence-electron chi connectivity index (χ4n) is 1.87. The monoisotopic (exact) mass is 221 g/mol. The third-order valence-corrected chi connectivity index (χ3v) is 2.66. The van der Waals surface area contributed by atoms with Crippen molar-refractivity contribution in [1.82, 2.24) is 10.3 Å². The van der Waals surface area contributed by atoms with Gasteiger partial charge in [0.15, 0.2) is 0 Å². The summed E-state index contributed by atoms with van der Waals surface area (Å²) < 4.78 is 0. The van der Waals surface area contributed by atoms with Gasteiger partial charge in [-0.2, -0.15) is 0 Å². The largest absolute Gasteiger partial charge is 0.478 e. The van der Waals surface area contributed by atoms with Gasteiger partial charge in [-0.05, 0) is 25.1 Å². The number of carboxylic acids is 1. The Labute approximate surface area is 94.1 Å². The average molecular weight is 221 g/mol. The molecule has 2 heterocycles. The third kappa shape index (κ3) is 2.30. The van der Waals surface area contributed by atoms with E-state index in [1.807, 2.05) is 4.90 Å². The van der Waals surface area contributed by atoms with Gasteiger partial charge in [-0.25, -0.2) is 9.78 Å². The van der Waals surface area contributed by atoms with Crippen molar-refractivity contribution >= 4 is 11.8 Å². The highest BCUT2D eigenvalue weighted by Crippen LogP contribution is 2.17. The summed E-state index contributed by atoms with van der Waals surface area (Å²) in [6, 6.07) is 3.26. The lowest BCUT2D eigenvalue weighted by Crippen LogP contribution is -2.30. The Hall–Kier alpha value is -1.62. The molecule has 0 atom stereocenters. The van der Waals surface area contributed by atoms with Crippen molar-refractivity contribution in [1.29, 1.82) is 0 Å². The maximum atomic E-state index is 11.1. The fourth-order valence-corrected chi connectivity index (χ4v) is 1.87. The highest BCUT2D eigenvalue weighted by Gasteiger charge is 2.17. The topological polar surface area (TPSA) is 65.5 Å². The number of nitrogens with one attached hydrogen (secondary N) is 1. The molecule has 0 amide bonds. The van der Waals surface area contributed by atoms with Gasteiger partial charge in [-0.3, -0.25) is 0 Å². The van der Waals surface area contributed by atoms with Crippen molar-refractivity contribution in [2.24, 2.45) is 0 Å². The molecule has 1 aromatic rings. The second kappa shape index (κ2) is 4.94. The van der Waals surface area contributed by atoms with Crippen molar-refractivity contribution in [3.63, 3.8) is 0 Å². The van der Waals surface area contributed by atoms with Gasteiger partial charge in [0.2, 0.25) is 0 Å². The third-order valence-electron chi connectivity index (χ3n) is 2.66. The van der Waals surface area contributed by atoms with Crippen LogP contribution in [0.1, 0.15) is 16.8 Å². The number of pyridine rings is 1. The zero-order valence-corrected chi connectivity index (χ0v) is 9.02. The SMILES string of the molecule is O=C(O)c1cccnc1N1CCCNCC1. The molecular weight excluding hydrogens is 206 g/mol. The summed E-state index contributed by atoms with van der Waals surface area (Å²) in [5.74, 6) is -0.334. The molecule has 5 heteroatoms. The highest BCUT2D eigenvalue weighted by molar-refractivity contribution is 5.93. The second-order valence-corrected chi connectivity index (χ2v) is 3.77. The van der Waals surface area contributed by atoms with Gasteiger partial charge in [0.25, 0.3) is 0 Å². The van der Waals surface area contributed by atoms with Gasteiger partial charge in [0, 0.05) is 25.8 Å². The predicted molar refractivity (Wildman–Crippen MR) is 60.9 cm³/mol. The predicted octanol–water partition coefficient (Wildman–Crippen LogP) is 0.579. The molecule has 0 unspecified atom stereocenters. The first-order valence-corrected chi connectivity index (χ1v) is 5.43. The average Bonchev–Trinajstić information content (AvgIpc) is 2.57. The maximum Gasteiger partial charge on any atom is 0.339 e. The van der Waals surface area contributed by atoms with Crippen LogP contribution in [-0.4, -0.2) is 42.2 Å². The Morgan fingerprint density at radius 2 is 2.31 bits per heavy atom. The van der Waals surface area contributed by atoms with E-state index in [0.717, 1.165) is 32.6 Å². The lowest BCUT2D eigenvalue weighted by molar-refractivity contribution is 0.0697. The molecule has 86 valence electrons. The van der Waals surface area contributed by atoms with Crippen LogP contribution in [0.4, 0.5) is 5.82 Å². The number of rotatable bonds is 2. The molecular formula is C11H15N3O2. The van der Waals surface area contributed by atoms with Gasteiger partial charge in [0.1, 0.15) is 11.4 Å². The number of carboxylic acid groups (broad SMARTS) is 1. The van der Waals surface area contributed by atoms with Crippen LogP contribution >= 0.6 is 0 Å². The molecule has 0 aromatic carbocycles. The number of nitrogens with zero attached hydrogens (tertiary/aromatic N) is 2. The van der Waals surface area contributed by atoms with Crippen molar-refractivity contribution in [3.8, 4) is 0 Å². The summed E-state index contributed by atoms with van der Waals surface area (Å²) in [5.41, 5.74) is 0.282. The normalized spacial score (nSPS) is 16.9. The molecule has 1 saturated heterocycles. The standard InChI is InChI=1S/C11H15N3O2/c15-11(16)9-3-1-5-13-10(9)14-7-2-4-12-6-8-14/h1,3,5,12H,2,4,6-8H2,(H,15,16). The Kier molecular flexibility index (Phi) is 3.36. The number of hydrogen-bond acceptors (Lipinski definition) is 4. The maximum absolute atomic E-state index is 11.1. The van der Waals surface area contributed by atoms with Gasteiger partial charge in [-0.1, -0.05) is 0 Å². The molecule has 0 aliphatic carbocycles. The highest BCUT2D eigenvalue weighted by atomic mass is 16.4. The van der Waals surface area contributed by atoms with E-state index in [-0.39, 0.29) is 5.56 Å². The van der Waals surface area contributed by atoms with Crippen molar-refractivity contribution in [2.75, 3.05) is 31.1 Å². The molecule has 1 aromatic heterocycles. The molecule has 0 bridgehead atoms. The number of anilines is 1. The van der Waals surface area contributed by atoms with E-state index in [4.69, 9.17) is 5.11 Å². The van der Waals surface area contributed by atoms with E-state index in [1.165, 1.54) is 0 Å². The van der Waals surface area contributed by atoms with Crippen molar-refractivity contribution < 1.29 is 9.90 Å². The van der Waals surface area contributed by atoms with E-state index in [9.17, 15) is 4.79 Å². The minimum absolute atomic E-state index is 0.282. The second-order valence-electron chi connectivity index (χ2n) is 3.77. The molecule has 1 fully saturated rings. The van der Waals surface area contributed by atoms with Crippen LogP contribution in [0.2, 0.25) is 0 Å². The lowest BCUT2D eigenvalue weighted by Gasteiger charge is -2.22.